The largest absolute Gasteiger partial charge is 0.481 e. The number of aliphatic hydroxyl groups is 3. The highest BCUT2D eigenvalue weighted by molar-refractivity contribution is 5.98. The van der Waals surface area contributed by atoms with Crippen LogP contribution >= 0.6 is 0 Å². The summed E-state index contributed by atoms with van der Waals surface area (Å²) < 4.78 is 0. The number of hydrogen-bond acceptors (Lipinski definition) is 16. The molecule has 71 heavy (non-hydrogen) atoms. The third-order valence-electron chi connectivity index (χ3n) is 10.4. The fourth-order valence-corrected chi connectivity index (χ4v) is 6.25. The van der Waals surface area contributed by atoms with E-state index >= 15 is 0 Å². The fourth-order valence-electron chi connectivity index (χ4n) is 6.25. The average Bonchev–Trinajstić information content (AvgIpc) is 3.29. The zero-order chi connectivity index (χ0) is 54.5. The van der Waals surface area contributed by atoms with Gasteiger partial charge in [-0.25, -0.2) is 0 Å². The monoisotopic (exact) mass is 1020 g/mol. The number of aliphatic hydroxyl groups excluding tert-OH is 3. The molecule has 30 heteroatoms. The molecule has 0 radical (unpaired) electrons. The van der Waals surface area contributed by atoms with Crippen molar-refractivity contribution in [3.63, 3.8) is 0 Å². The van der Waals surface area contributed by atoms with E-state index in [4.69, 9.17) is 33.8 Å². The minimum atomic E-state index is -1.88. The number of carbonyl (C=O) groups is 10. The summed E-state index contributed by atoms with van der Waals surface area (Å²) in [5.41, 5.74) is 27.6. The van der Waals surface area contributed by atoms with Gasteiger partial charge < -0.3 is 96.7 Å². The lowest BCUT2D eigenvalue weighted by Gasteiger charge is -2.28. The predicted octanol–water partition coefficient (Wildman–Crippen LogP) is -7.66. The van der Waals surface area contributed by atoms with Gasteiger partial charge in [0.05, 0.1) is 25.4 Å². The van der Waals surface area contributed by atoms with Crippen molar-refractivity contribution in [1.29, 1.82) is 0 Å². The molecule has 0 rings (SSSR count). The quantitative estimate of drug-likeness (QED) is 0.0159. The Balaban J connectivity index is 6.50. The molecule has 0 aromatic rings. The number of aliphatic carboxylic acids is 2. The molecule has 0 aliphatic heterocycles. The van der Waals surface area contributed by atoms with E-state index in [1.807, 2.05) is 0 Å². The lowest BCUT2D eigenvalue weighted by atomic mass is 9.98. The van der Waals surface area contributed by atoms with Gasteiger partial charge in [0.25, 0.3) is 0 Å². The van der Waals surface area contributed by atoms with E-state index in [-0.39, 0.29) is 68.9 Å². The summed E-state index contributed by atoms with van der Waals surface area (Å²) in [6.45, 7) is 4.93. The zero-order valence-electron chi connectivity index (χ0n) is 40.6. The summed E-state index contributed by atoms with van der Waals surface area (Å²) in [4.78, 5) is 137. The lowest BCUT2D eigenvalue weighted by molar-refractivity contribution is -0.139. The van der Waals surface area contributed by atoms with E-state index in [0.717, 1.165) is 6.92 Å². The Morgan fingerprint density at radius 2 is 0.915 bits per heavy atom. The summed E-state index contributed by atoms with van der Waals surface area (Å²) >= 11 is 0. The summed E-state index contributed by atoms with van der Waals surface area (Å²) in [5.74, 6) is -12.1. The molecular formula is C41H75N15O15. The van der Waals surface area contributed by atoms with Gasteiger partial charge in [0, 0.05) is 19.5 Å². The molecule has 0 saturated carbocycles. The maximum atomic E-state index is 13.7. The fraction of sp³-hybridized carbons (Fsp3) is 0.707. The number of carboxylic acids is 2. The minimum Gasteiger partial charge on any atom is -0.481 e. The SMILES string of the molecule is CC[C@H](C)[C@H](N)C(=O)N[C@@H](CCC(=O)O)C(=O)N[C@@H](CCCN=C(N)N)C(=O)N[C@@H](CO)C(=O)N[C@@H](CO)C(=O)N[C@@H](CCCN=C(N)N)C(=O)N[C@H](C(=O)N[C@@H](CC(C)C)C(=O)NCC(=O)O)[C@@H](C)O. The van der Waals surface area contributed by atoms with Crippen molar-refractivity contribution < 1.29 is 73.5 Å². The van der Waals surface area contributed by atoms with Crippen molar-refractivity contribution in [2.45, 2.75) is 140 Å². The third-order valence-corrected chi connectivity index (χ3v) is 10.4. The van der Waals surface area contributed by atoms with E-state index < -0.39 is 146 Å². The van der Waals surface area contributed by atoms with Crippen LogP contribution in [0.1, 0.15) is 86.0 Å². The molecule has 0 bridgehead atoms. The maximum absolute atomic E-state index is 13.7. The van der Waals surface area contributed by atoms with Gasteiger partial charge in [0.2, 0.25) is 47.3 Å². The molecule has 0 spiro atoms. The standard InChI is InChI=1S/C41H75N15O15/c1-6-20(4)30(42)38(70)52-24(11-12-28(60)61)34(66)50-22(9-7-13-47-40(43)44)33(65)54-27(18-58)37(69)55-26(17-57)36(68)51-23(10-8-14-48-41(45)46)35(67)56-31(21(5)59)39(71)53-25(15-19(2)3)32(64)49-16-29(62)63/h19-27,30-31,57-59H,6-18,42H2,1-5H3,(H,49,64)(H,50,66)(H,51,68)(H,52,70)(H,53,71)(H,54,65)(H,55,69)(H,56,67)(H,60,61)(H,62,63)(H4,43,44,47)(H4,45,46,48)/t20-,21+,22-,23-,24-,25-,26-,27-,30-,31-/m0/s1. The molecule has 0 aliphatic rings. The Morgan fingerprint density at radius 1 is 0.521 bits per heavy atom. The van der Waals surface area contributed by atoms with Crippen LogP contribution in [0.15, 0.2) is 9.98 Å². The molecule has 0 saturated heterocycles. The first-order valence-corrected chi connectivity index (χ1v) is 22.8. The molecule has 0 fully saturated rings. The topological polar surface area (TPSA) is 523 Å². The molecule has 8 amide bonds. The number of nitrogens with two attached hydrogens (primary N) is 5. The van der Waals surface area contributed by atoms with Crippen LogP contribution < -0.4 is 71.2 Å². The lowest BCUT2D eigenvalue weighted by Crippen LogP contribution is -2.62. The Morgan fingerprint density at radius 3 is 1.30 bits per heavy atom. The van der Waals surface area contributed by atoms with Gasteiger partial charge in [0.15, 0.2) is 11.9 Å². The van der Waals surface area contributed by atoms with Gasteiger partial charge in [-0.05, 0) is 57.3 Å². The second-order valence-corrected chi connectivity index (χ2v) is 16.9. The van der Waals surface area contributed by atoms with Crippen molar-refractivity contribution in [2.24, 2.45) is 50.5 Å². The number of nitrogens with one attached hydrogen (secondary N) is 8. The number of guanidine groups is 2. The number of carboxylic acid groups (broad SMARTS) is 2. The van der Waals surface area contributed by atoms with Gasteiger partial charge in [-0.1, -0.05) is 34.1 Å². The van der Waals surface area contributed by atoms with Crippen molar-refractivity contribution in [2.75, 3.05) is 32.8 Å². The number of carbonyl (C=O) groups excluding carboxylic acids is 8. The summed E-state index contributed by atoms with van der Waals surface area (Å²) in [6, 6.07) is -12.5. The first kappa shape index (κ1) is 64.1. The highest BCUT2D eigenvalue weighted by Crippen LogP contribution is 2.10. The molecule has 0 aromatic heterocycles. The molecule has 30 nitrogen and oxygen atoms in total. The Hall–Kier alpha value is -6.92. The predicted molar refractivity (Wildman–Crippen MR) is 254 cm³/mol. The van der Waals surface area contributed by atoms with Crippen molar-refractivity contribution in [3.8, 4) is 0 Å². The molecule has 404 valence electrons. The normalized spacial score (nSPS) is 15.2. The summed E-state index contributed by atoms with van der Waals surface area (Å²) in [5, 5.41) is 67.6. The first-order valence-electron chi connectivity index (χ1n) is 22.8. The van der Waals surface area contributed by atoms with E-state index in [2.05, 4.69) is 52.5 Å². The minimum absolute atomic E-state index is 0.0126. The Labute approximate surface area is 410 Å². The molecule has 0 aliphatic carbocycles. The van der Waals surface area contributed by atoms with Crippen molar-refractivity contribution in [1.82, 2.24) is 42.5 Å². The van der Waals surface area contributed by atoms with Crippen LogP contribution in [0, 0.1) is 11.8 Å². The number of aliphatic imine (C=N–C) groups is 2. The van der Waals surface area contributed by atoms with Crippen LogP contribution in [0.2, 0.25) is 0 Å². The van der Waals surface area contributed by atoms with E-state index in [1.54, 1.807) is 27.7 Å². The van der Waals surface area contributed by atoms with Crippen molar-refractivity contribution >= 4 is 71.1 Å². The Bertz CT molecular complexity index is 1860. The average molecular weight is 1020 g/mol. The van der Waals surface area contributed by atoms with Crippen LogP contribution in [0.4, 0.5) is 0 Å². The molecule has 0 aromatic carbocycles. The zero-order valence-corrected chi connectivity index (χ0v) is 40.6. The third kappa shape index (κ3) is 26.0. The first-order chi connectivity index (χ1) is 33.2. The second kappa shape index (κ2) is 33.6. The van der Waals surface area contributed by atoms with Gasteiger partial charge in [-0.2, -0.15) is 0 Å². The highest BCUT2D eigenvalue weighted by Gasteiger charge is 2.36. The smallest absolute Gasteiger partial charge is 0.322 e. The van der Waals surface area contributed by atoms with Gasteiger partial charge >= 0.3 is 11.9 Å². The number of hydrogen-bond donors (Lipinski definition) is 18. The molecule has 0 unspecified atom stereocenters. The molecular weight excluding hydrogens is 943 g/mol. The second-order valence-electron chi connectivity index (χ2n) is 16.9. The maximum Gasteiger partial charge on any atom is 0.322 e. The number of rotatable bonds is 35. The van der Waals surface area contributed by atoms with Crippen LogP contribution in [-0.4, -0.2) is 184 Å². The van der Waals surface area contributed by atoms with Crippen LogP contribution in [0.5, 0.6) is 0 Å². The summed E-state index contributed by atoms with van der Waals surface area (Å²) in [7, 11) is 0. The van der Waals surface area contributed by atoms with E-state index in [9.17, 15) is 68.4 Å². The van der Waals surface area contributed by atoms with Crippen molar-refractivity contribution in [3.05, 3.63) is 0 Å². The van der Waals surface area contributed by atoms with Crippen LogP contribution in [-0.2, 0) is 47.9 Å². The van der Waals surface area contributed by atoms with Gasteiger partial charge in [0.1, 0.15) is 48.8 Å². The molecule has 10 atom stereocenters. The summed E-state index contributed by atoms with van der Waals surface area (Å²) in [6.07, 6.45) is -2.49. The van der Waals surface area contributed by atoms with Crippen LogP contribution in [0.25, 0.3) is 0 Å². The number of amides is 8. The van der Waals surface area contributed by atoms with E-state index in [0.29, 0.717) is 6.42 Å². The molecule has 0 heterocycles. The van der Waals surface area contributed by atoms with Crippen LogP contribution in [0.3, 0.4) is 0 Å². The van der Waals surface area contributed by atoms with Gasteiger partial charge in [-0.3, -0.25) is 57.9 Å². The molecule has 23 N–H and O–H groups in total. The van der Waals surface area contributed by atoms with E-state index in [1.165, 1.54) is 0 Å². The van der Waals surface area contributed by atoms with Gasteiger partial charge in [-0.15, -0.1) is 0 Å². The highest BCUT2D eigenvalue weighted by atomic mass is 16.4. The Kier molecular flexibility index (Phi) is 30.3. The number of nitrogens with zero attached hydrogens (tertiary/aromatic N) is 2.